The SMILES string of the molecule is CCC(C)(C)COC(=O)[C@@H]1CCCNN1. The first-order valence-electron chi connectivity index (χ1n) is 5.70. The van der Waals surface area contributed by atoms with Crippen LogP contribution in [0.25, 0.3) is 0 Å². The van der Waals surface area contributed by atoms with Crippen molar-refractivity contribution in [1.82, 2.24) is 10.9 Å². The minimum Gasteiger partial charge on any atom is -0.464 e. The van der Waals surface area contributed by atoms with Gasteiger partial charge in [0.1, 0.15) is 6.04 Å². The molecule has 0 amide bonds. The number of rotatable bonds is 4. The van der Waals surface area contributed by atoms with Crippen LogP contribution in [0.1, 0.15) is 40.0 Å². The van der Waals surface area contributed by atoms with Crippen molar-refractivity contribution in [3.8, 4) is 0 Å². The summed E-state index contributed by atoms with van der Waals surface area (Å²) < 4.78 is 5.30. The van der Waals surface area contributed by atoms with Crippen LogP contribution in [-0.4, -0.2) is 25.2 Å². The van der Waals surface area contributed by atoms with Crippen molar-refractivity contribution in [1.29, 1.82) is 0 Å². The maximum atomic E-state index is 11.6. The maximum absolute atomic E-state index is 11.6. The van der Waals surface area contributed by atoms with E-state index < -0.39 is 0 Å². The van der Waals surface area contributed by atoms with E-state index in [0.29, 0.717) is 6.61 Å². The second kappa shape index (κ2) is 5.47. The zero-order valence-electron chi connectivity index (χ0n) is 9.93. The molecule has 0 aromatic heterocycles. The van der Waals surface area contributed by atoms with Crippen molar-refractivity contribution in [2.75, 3.05) is 13.2 Å². The van der Waals surface area contributed by atoms with Gasteiger partial charge in [0.05, 0.1) is 6.61 Å². The number of carbonyl (C=O) groups is 1. The van der Waals surface area contributed by atoms with Crippen molar-refractivity contribution in [2.24, 2.45) is 5.41 Å². The third-order valence-corrected chi connectivity index (χ3v) is 2.92. The molecule has 1 saturated heterocycles. The fourth-order valence-electron chi connectivity index (χ4n) is 1.31. The van der Waals surface area contributed by atoms with Gasteiger partial charge in [0.2, 0.25) is 0 Å². The van der Waals surface area contributed by atoms with Crippen LogP contribution in [0.2, 0.25) is 0 Å². The Morgan fingerprint density at radius 3 is 2.80 bits per heavy atom. The van der Waals surface area contributed by atoms with Gasteiger partial charge < -0.3 is 4.74 Å². The highest BCUT2D eigenvalue weighted by Gasteiger charge is 2.24. The largest absolute Gasteiger partial charge is 0.464 e. The summed E-state index contributed by atoms with van der Waals surface area (Å²) in [6.45, 7) is 7.73. The summed E-state index contributed by atoms with van der Waals surface area (Å²) in [6, 6.07) is -0.175. The van der Waals surface area contributed by atoms with E-state index >= 15 is 0 Å². The molecule has 2 N–H and O–H groups in total. The normalized spacial score (nSPS) is 22.5. The number of ether oxygens (including phenoxy) is 1. The van der Waals surface area contributed by atoms with Crippen LogP contribution in [0.5, 0.6) is 0 Å². The number of hydrazine groups is 1. The van der Waals surface area contributed by atoms with E-state index in [2.05, 4.69) is 31.6 Å². The molecule has 0 aromatic carbocycles. The minimum atomic E-state index is -0.175. The molecule has 1 atom stereocenters. The Morgan fingerprint density at radius 2 is 2.27 bits per heavy atom. The molecule has 1 aliphatic rings. The Labute approximate surface area is 91.7 Å². The summed E-state index contributed by atoms with van der Waals surface area (Å²) in [6.07, 6.45) is 2.89. The second-order valence-electron chi connectivity index (χ2n) is 4.89. The number of esters is 1. The van der Waals surface area contributed by atoms with Crippen molar-refractivity contribution >= 4 is 5.97 Å². The number of carbonyl (C=O) groups excluding carboxylic acids is 1. The predicted molar refractivity (Wildman–Crippen MR) is 59.2 cm³/mol. The fourth-order valence-corrected chi connectivity index (χ4v) is 1.31. The van der Waals surface area contributed by atoms with Crippen LogP contribution in [0, 0.1) is 5.41 Å². The van der Waals surface area contributed by atoms with Crippen LogP contribution >= 0.6 is 0 Å². The molecular formula is C11H22N2O2. The van der Waals surface area contributed by atoms with E-state index in [0.717, 1.165) is 25.8 Å². The third kappa shape index (κ3) is 4.18. The van der Waals surface area contributed by atoms with E-state index in [4.69, 9.17) is 4.74 Å². The molecule has 0 aliphatic carbocycles. The topological polar surface area (TPSA) is 50.4 Å². The molecule has 0 aromatic rings. The van der Waals surface area contributed by atoms with Gasteiger partial charge in [0.15, 0.2) is 0 Å². The standard InChI is InChI=1S/C11H22N2O2/c1-4-11(2,3)8-15-10(14)9-6-5-7-12-13-9/h9,12-13H,4-8H2,1-3H3/t9-/m0/s1. The van der Waals surface area contributed by atoms with E-state index in [1.54, 1.807) is 0 Å². The molecule has 4 nitrogen and oxygen atoms in total. The average molecular weight is 214 g/mol. The fraction of sp³-hybridized carbons (Fsp3) is 0.909. The van der Waals surface area contributed by atoms with Gasteiger partial charge in [-0.15, -0.1) is 0 Å². The Balaban J connectivity index is 2.28. The highest BCUT2D eigenvalue weighted by atomic mass is 16.5. The van der Waals surface area contributed by atoms with Gasteiger partial charge in [-0.1, -0.05) is 20.8 Å². The van der Waals surface area contributed by atoms with Gasteiger partial charge in [-0.3, -0.25) is 10.2 Å². The number of hydrogen-bond acceptors (Lipinski definition) is 4. The molecule has 4 heteroatoms. The zero-order valence-corrected chi connectivity index (χ0v) is 9.93. The monoisotopic (exact) mass is 214 g/mol. The molecule has 0 radical (unpaired) electrons. The molecule has 0 spiro atoms. The lowest BCUT2D eigenvalue weighted by Crippen LogP contribution is -2.50. The van der Waals surface area contributed by atoms with Crippen LogP contribution < -0.4 is 10.9 Å². The Morgan fingerprint density at radius 1 is 1.53 bits per heavy atom. The van der Waals surface area contributed by atoms with Crippen LogP contribution in [-0.2, 0) is 9.53 Å². The highest BCUT2D eigenvalue weighted by Crippen LogP contribution is 2.20. The number of hydrogen-bond donors (Lipinski definition) is 2. The summed E-state index contributed by atoms with van der Waals surface area (Å²) >= 11 is 0. The first-order valence-corrected chi connectivity index (χ1v) is 5.70. The summed E-state index contributed by atoms with van der Waals surface area (Å²) in [5.41, 5.74) is 6.01. The lowest BCUT2D eigenvalue weighted by atomic mass is 9.92. The summed E-state index contributed by atoms with van der Waals surface area (Å²) in [7, 11) is 0. The highest BCUT2D eigenvalue weighted by molar-refractivity contribution is 5.75. The van der Waals surface area contributed by atoms with Crippen molar-refractivity contribution in [3.63, 3.8) is 0 Å². The maximum Gasteiger partial charge on any atom is 0.324 e. The van der Waals surface area contributed by atoms with Crippen molar-refractivity contribution in [3.05, 3.63) is 0 Å². The van der Waals surface area contributed by atoms with Gasteiger partial charge in [-0.2, -0.15) is 0 Å². The Bertz CT molecular complexity index is 211. The lowest BCUT2D eigenvalue weighted by molar-refractivity contribution is -0.150. The summed E-state index contributed by atoms with van der Waals surface area (Å²) in [4.78, 5) is 11.6. The summed E-state index contributed by atoms with van der Waals surface area (Å²) in [5, 5.41) is 0. The molecule has 0 unspecified atom stereocenters. The molecule has 88 valence electrons. The molecule has 0 bridgehead atoms. The Hall–Kier alpha value is -0.610. The van der Waals surface area contributed by atoms with Gasteiger partial charge in [-0.25, -0.2) is 5.43 Å². The zero-order chi connectivity index (χ0) is 11.3. The molecule has 1 rings (SSSR count). The molecule has 1 aliphatic heterocycles. The Kier molecular flexibility index (Phi) is 4.54. The van der Waals surface area contributed by atoms with Gasteiger partial charge in [0.25, 0.3) is 0 Å². The van der Waals surface area contributed by atoms with E-state index in [1.807, 2.05) is 0 Å². The van der Waals surface area contributed by atoms with Gasteiger partial charge in [0, 0.05) is 6.54 Å². The van der Waals surface area contributed by atoms with Crippen LogP contribution in [0.15, 0.2) is 0 Å². The smallest absolute Gasteiger partial charge is 0.324 e. The second-order valence-corrected chi connectivity index (χ2v) is 4.89. The quantitative estimate of drug-likeness (QED) is 0.691. The van der Waals surface area contributed by atoms with E-state index in [-0.39, 0.29) is 17.4 Å². The average Bonchev–Trinajstić information content (AvgIpc) is 2.27. The molecule has 1 heterocycles. The van der Waals surface area contributed by atoms with Crippen LogP contribution in [0.3, 0.4) is 0 Å². The van der Waals surface area contributed by atoms with Crippen molar-refractivity contribution < 1.29 is 9.53 Å². The molecule has 0 saturated carbocycles. The third-order valence-electron chi connectivity index (χ3n) is 2.92. The van der Waals surface area contributed by atoms with E-state index in [9.17, 15) is 4.79 Å². The van der Waals surface area contributed by atoms with Crippen molar-refractivity contribution in [2.45, 2.75) is 46.1 Å². The first kappa shape index (κ1) is 12.5. The van der Waals surface area contributed by atoms with Gasteiger partial charge in [-0.05, 0) is 24.7 Å². The number of nitrogens with one attached hydrogen (secondary N) is 2. The molecule has 1 fully saturated rings. The van der Waals surface area contributed by atoms with Crippen LogP contribution in [0.4, 0.5) is 0 Å². The predicted octanol–water partition coefficient (Wildman–Crippen LogP) is 1.22. The lowest BCUT2D eigenvalue weighted by Gasteiger charge is -2.26. The summed E-state index contributed by atoms with van der Waals surface area (Å²) in [5.74, 6) is -0.135. The molecule has 15 heavy (non-hydrogen) atoms. The molecular weight excluding hydrogens is 192 g/mol. The van der Waals surface area contributed by atoms with Gasteiger partial charge >= 0.3 is 5.97 Å². The first-order chi connectivity index (χ1) is 7.05. The minimum absolute atomic E-state index is 0.0811. The van der Waals surface area contributed by atoms with E-state index in [1.165, 1.54) is 0 Å².